The molecular weight excluding hydrogens is 608 g/mol. The largest absolute Gasteiger partial charge is 0.459 e. The highest BCUT2D eigenvalue weighted by Gasteiger charge is 2.48. The minimum absolute atomic E-state index is 0.0863. The number of nitrogens with zero attached hydrogens (tertiary/aromatic N) is 10. The van der Waals surface area contributed by atoms with Crippen molar-refractivity contribution in [2.45, 2.75) is 102 Å². The van der Waals surface area contributed by atoms with Gasteiger partial charge in [-0.3, -0.25) is 9.69 Å². The van der Waals surface area contributed by atoms with Crippen molar-refractivity contribution >= 4 is 12.1 Å². The van der Waals surface area contributed by atoms with Crippen molar-refractivity contribution in [1.29, 1.82) is 0 Å². The van der Waals surface area contributed by atoms with Gasteiger partial charge >= 0.3 is 12.1 Å². The number of azide groups is 3. The summed E-state index contributed by atoms with van der Waals surface area (Å²) in [6, 6.07) is 16.0. The van der Waals surface area contributed by atoms with E-state index in [1.807, 2.05) is 67.6 Å². The number of rotatable bonds is 12. The molecule has 2 aromatic rings. The van der Waals surface area contributed by atoms with Gasteiger partial charge in [-0.25, -0.2) is 4.79 Å². The van der Waals surface area contributed by atoms with E-state index in [4.69, 9.17) is 24.5 Å². The number of hydrogen-bond donors (Lipinski definition) is 0. The molecule has 1 heterocycles. The topological polar surface area (TPSA) is 221 Å². The number of ether oxygens (including phenoxy) is 4. The molecule has 248 valence electrons. The summed E-state index contributed by atoms with van der Waals surface area (Å²) in [5, 5.41) is 11.6. The Hall–Kier alpha value is -4.97. The average Bonchev–Trinajstić information content (AvgIpc) is 3.07. The van der Waals surface area contributed by atoms with Crippen LogP contribution in [-0.2, 0) is 36.9 Å². The number of esters is 1. The molecule has 2 aliphatic rings. The average molecular weight is 647 g/mol. The Kier molecular flexibility index (Phi) is 12.7. The lowest BCUT2D eigenvalue weighted by Crippen LogP contribution is -2.57. The SMILES string of the molecule is CC(=O)O[C@@H]1[C@@H](C)[C@H](N=[N+]=[N-])C[C@H](N=[N+]=[N-])[C@H]1O[C@H]1O[C@H]([C@H](C)N(Cc2ccccc2)C(=O)OCc2ccccc2)CC[C@@H]1N=[N+]=[N-]. The molecule has 4 rings (SSSR count). The van der Waals surface area contributed by atoms with Crippen molar-refractivity contribution in [2.75, 3.05) is 0 Å². The van der Waals surface area contributed by atoms with Gasteiger partial charge in [0.1, 0.15) is 18.8 Å². The lowest BCUT2D eigenvalue weighted by atomic mass is 9.79. The van der Waals surface area contributed by atoms with Gasteiger partial charge in [-0.2, -0.15) is 0 Å². The van der Waals surface area contributed by atoms with Gasteiger partial charge in [0.2, 0.25) is 0 Å². The van der Waals surface area contributed by atoms with Crippen LogP contribution in [0.1, 0.15) is 51.2 Å². The number of carbonyl (C=O) groups excluding carboxylic acids is 2. The fourth-order valence-corrected chi connectivity index (χ4v) is 6.04. The lowest BCUT2D eigenvalue weighted by Gasteiger charge is -2.46. The summed E-state index contributed by atoms with van der Waals surface area (Å²) >= 11 is 0. The molecule has 1 saturated carbocycles. The fourth-order valence-electron chi connectivity index (χ4n) is 6.04. The molecule has 16 nitrogen and oxygen atoms in total. The molecule has 1 aliphatic heterocycles. The van der Waals surface area contributed by atoms with Gasteiger partial charge < -0.3 is 18.9 Å². The first-order chi connectivity index (χ1) is 22.7. The van der Waals surface area contributed by atoms with E-state index in [2.05, 4.69) is 30.1 Å². The van der Waals surface area contributed by atoms with Gasteiger partial charge in [0.15, 0.2) is 6.29 Å². The van der Waals surface area contributed by atoms with Crippen LogP contribution in [0.5, 0.6) is 0 Å². The predicted octanol–water partition coefficient (Wildman–Crippen LogP) is 7.11. The molecular formula is C31H38N10O6. The van der Waals surface area contributed by atoms with E-state index in [-0.39, 0.29) is 19.6 Å². The number of carbonyl (C=O) groups is 2. The van der Waals surface area contributed by atoms with Crippen molar-refractivity contribution in [3.63, 3.8) is 0 Å². The zero-order chi connectivity index (χ0) is 33.8. The highest BCUT2D eigenvalue weighted by molar-refractivity contribution is 5.68. The molecule has 1 amide bonds. The monoisotopic (exact) mass is 646 g/mol. The Labute approximate surface area is 271 Å². The first kappa shape index (κ1) is 34.9. The van der Waals surface area contributed by atoms with Crippen LogP contribution in [0.2, 0.25) is 0 Å². The van der Waals surface area contributed by atoms with Crippen molar-refractivity contribution in [2.24, 2.45) is 21.3 Å². The predicted molar refractivity (Wildman–Crippen MR) is 169 cm³/mol. The van der Waals surface area contributed by atoms with E-state index < -0.39 is 66.7 Å². The highest BCUT2D eigenvalue weighted by atomic mass is 16.7. The van der Waals surface area contributed by atoms with Crippen LogP contribution in [-0.4, -0.2) is 65.7 Å². The quantitative estimate of drug-likeness (QED) is 0.101. The standard InChI is InChI=1S/C31H38N10O6/c1-19-25(36-39-33)16-26(37-40-34)29(28(19)45-21(3)42)47-30-24(35-38-32)14-15-27(46-30)20(2)41(17-22-10-6-4-7-11-22)31(43)44-18-23-12-8-5-9-13-23/h4-13,19-20,24-30H,14-18H2,1-3H3/t19-,20-,24-,25+,26-,27-,28+,29+,30+/m0/s1. The second kappa shape index (κ2) is 17.1. The van der Waals surface area contributed by atoms with E-state index in [0.29, 0.717) is 12.8 Å². The summed E-state index contributed by atoms with van der Waals surface area (Å²) in [6.07, 6.45) is -3.33. The molecule has 2 fully saturated rings. The van der Waals surface area contributed by atoms with Crippen molar-refractivity contribution < 1.29 is 28.5 Å². The van der Waals surface area contributed by atoms with Gasteiger partial charge in [-0.1, -0.05) is 82.9 Å². The molecule has 0 unspecified atom stereocenters. The molecule has 1 aliphatic carbocycles. The van der Waals surface area contributed by atoms with Crippen LogP contribution in [0.25, 0.3) is 31.3 Å². The zero-order valence-electron chi connectivity index (χ0n) is 26.4. The Morgan fingerprint density at radius 1 is 0.894 bits per heavy atom. The second-order valence-electron chi connectivity index (χ2n) is 11.6. The molecule has 0 N–H and O–H groups in total. The summed E-state index contributed by atoms with van der Waals surface area (Å²) in [7, 11) is 0. The normalized spacial score (nSPS) is 27.5. The first-order valence-electron chi connectivity index (χ1n) is 15.4. The molecule has 0 aromatic heterocycles. The lowest BCUT2D eigenvalue weighted by molar-refractivity contribution is -0.257. The highest BCUT2D eigenvalue weighted by Crippen LogP contribution is 2.37. The molecule has 0 radical (unpaired) electrons. The Bertz CT molecular complexity index is 1500. The minimum Gasteiger partial charge on any atom is -0.459 e. The summed E-state index contributed by atoms with van der Waals surface area (Å²) in [5.74, 6) is -1.10. The van der Waals surface area contributed by atoms with E-state index in [1.165, 1.54) is 6.92 Å². The fraction of sp³-hybridized carbons (Fsp3) is 0.548. The van der Waals surface area contributed by atoms with Gasteiger partial charge in [0, 0.05) is 40.2 Å². The molecule has 1 saturated heterocycles. The third kappa shape index (κ3) is 9.29. The molecule has 0 spiro atoms. The van der Waals surface area contributed by atoms with Gasteiger partial charge in [0.25, 0.3) is 0 Å². The molecule has 2 aromatic carbocycles. The second-order valence-corrected chi connectivity index (χ2v) is 11.6. The number of hydrogen-bond acceptors (Lipinski definition) is 9. The van der Waals surface area contributed by atoms with E-state index in [1.54, 1.807) is 11.8 Å². The van der Waals surface area contributed by atoms with Crippen LogP contribution in [0.3, 0.4) is 0 Å². The first-order valence-corrected chi connectivity index (χ1v) is 15.4. The maximum atomic E-state index is 13.6. The number of benzene rings is 2. The number of amides is 1. The van der Waals surface area contributed by atoms with E-state index >= 15 is 0 Å². The van der Waals surface area contributed by atoms with Crippen LogP contribution < -0.4 is 0 Å². The third-order valence-corrected chi connectivity index (χ3v) is 8.54. The smallest absolute Gasteiger partial charge is 0.410 e. The Morgan fingerprint density at radius 2 is 1.49 bits per heavy atom. The molecule has 9 atom stereocenters. The molecule has 0 bridgehead atoms. The maximum Gasteiger partial charge on any atom is 0.410 e. The summed E-state index contributed by atoms with van der Waals surface area (Å²) in [5.41, 5.74) is 29.5. The van der Waals surface area contributed by atoms with E-state index in [9.17, 15) is 20.7 Å². The van der Waals surface area contributed by atoms with Crippen molar-refractivity contribution in [3.8, 4) is 0 Å². The molecule has 47 heavy (non-hydrogen) atoms. The zero-order valence-corrected chi connectivity index (χ0v) is 26.4. The minimum atomic E-state index is -1.14. The Morgan fingerprint density at radius 3 is 2.11 bits per heavy atom. The summed E-state index contributed by atoms with van der Waals surface area (Å²) in [4.78, 5) is 36.1. The van der Waals surface area contributed by atoms with Gasteiger partial charge in [-0.05, 0) is 53.9 Å². The van der Waals surface area contributed by atoms with Crippen LogP contribution in [0.4, 0.5) is 4.79 Å². The summed E-state index contributed by atoms with van der Waals surface area (Å²) < 4.78 is 24.2. The van der Waals surface area contributed by atoms with Crippen LogP contribution >= 0.6 is 0 Å². The van der Waals surface area contributed by atoms with Crippen molar-refractivity contribution in [3.05, 3.63) is 103 Å². The van der Waals surface area contributed by atoms with E-state index in [0.717, 1.165) is 11.1 Å². The molecule has 16 heteroatoms. The van der Waals surface area contributed by atoms with Crippen LogP contribution in [0, 0.1) is 5.92 Å². The maximum absolute atomic E-state index is 13.6. The third-order valence-electron chi connectivity index (χ3n) is 8.54. The van der Waals surface area contributed by atoms with Gasteiger partial charge in [-0.15, -0.1) is 0 Å². The van der Waals surface area contributed by atoms with Gasteiger partial charge in [0.05, 0.1) is 24.2 Å². The Balaban J connectivity index is 1.60. The van der Waals surface area contributed by atoms with Crippen LogP contribution in [0.15, 0.2) is 76.0 Å². The summed E-state index contributed by atoms with van der Waals surface area (Å²) in [6.45, 7) is 5.16. The van der Waals surface area contributed by atoms with Crippen molar-refractivity contribution in [1.82, 2.24) is 4.90 Å².